The molecule has 0 unspecified atom stereocenters. The van der Waals surface area contributed by atoms with Gasteiger partial charge in [0, 0.05) is 52.4 Å². The highest BCUT2D eigenvalue weighted by molar-refractivity contribution is 5.89. The van der Waals surface area contributed by atoms with E-state index in [0.717, 1.165) is 17.8 Å². The van der Waals surface area contributed by atoms with E-state index in [-0.39, 0.29) is 11.8 Å². The largest absolute Gasteiger partial charge is 0.417 e. The second kappa shape index (κ2) is 9.64. The molecular formula is C25H29F3N4O2. The van der Waals surface area contributed by atoms with E-state index in [1.165, 1.54) is 6.07 Å². The standard InChI is InChI=1S/C25H29F3N4O2/c1-19(33)30-14-10-24(11-15-30,20-6-3-2-4-7-20)23(34)32-13-5-12-31(16-17-32)22-9-8-21(18-29-22)25(26,27)28/h2-4,6-9,18H,5,10-17H2,1H3. The monoisotopic (exact) mass is 474 g/mol. The zero-order chi connectivity index (χ0) is 24.3. The number of alkyl halides is 3. The first kappa shape index (κ1) is 24.0. The van der Waals surface area contributed by atoms with E-state index >= 15 is 0 Å². The van der Waals surface area contributed by atoms with Crippen LogP contribution in [-0.4, -0.2) is 65.9 Å². The van der Waals surface area contributed by atoms with Crippen molar-refractivity contribution in [2.45, 2.75) is 37.8 Å². The van der Waals surface area contributed by atoms with Crippen LogP contribution >= 0.6 is 0 Å². The van der Waals surface area contributed by atoms with E-state index in [1.54, 1.807) is 11.8 Å². The quantitative estimate of drug-likeness (QED) is 0.681. The minimum atomic E-state index is -4.42. The normalized spacial score (nSPS) is 19.0. The molecule has 1 aromatic heterocycles. The van der Waals surface area contributed by atoms with Crippen LogP contribution in [0.3, 0.4) is 0 Å². The fraction of sp³-hybridized carbons (Fsp3) is 0.480. The molecule has 2 fully saturated rings. The molecule has 0 spiro atoms. The van der Waals surface area contributed by atoms with Crippen LogP contribution < -0.4 is 4.90 Å². The third kappa shape index (κ3) is 4.88. The Morgan fingerprint density at radius 3 is 2.18 bits per heavy atom. The van der Waals surface area contributed by atoms with Crippen molar-refractivity contribution in [3.05, 3.63) is 59.8 Å². The lowest BCUT2D eigenvalue weighted by molar-refractivity contribution is -0.142. The number of hydrogen-bond donors (Lipinski definition) is 0. The van der Waals surface area contributed by atoms with Gasteiger partial charge in [-0.1, -0.05) is 30.3 Å². The van der Waals surface area contributed by atoms with Crippen molar-refractivity contribution >= 4 is 17.6 Å². The Morgan fingerprint density at radius 1 is 0.882 bits per heavy atom. The van der Waals surface area contributed by atoms with Gasteiger partial charge in [0.1, 0.15) is 5.82 Å². The van der Waals surface area contributed by atoms with Crippen LogP contribution in [0.5, 0.6) is 0 Å². The molecule has 0 aliphatic carbocycles. The van der Waals surface area contributed by atoms with Gasteiger partial charge in [-0.15, -0.1) is 0 Å². The molecule has 1 aromatic carbocycles. The molecule has 0 saturated carbocycles. The second-order valence-electron chi connectivity index (χ2n) is 8.99. The number of amides is 2. The van der Waals surface area contributed by atoms with Crippen LogP contribution in [-0.2, 0) is 21.2 Å². The van der Waals surface area contributed by atoms with Gasteiger partial charge >= 0.3 is 6.18 Å². The number of aromatic nitrogens is 1. The zero-order valence-electron chi connectivity index (χ0n) is 19.2. The third-order valence-corrected chi connectivity index (χ3v) is 6.98. The Labute approximate surface area is 197 Å². The highest BCUT2D eigenvalue weighted by Gasteiger charge is 2.45. The van der Waals surface area contributed by atoms with E-state index in [9.17, 15) is 22.8 Å². The summed E-state index contributed by atoms with van der Waals surface area (Å²) in [4.78, 5) is 35.4. The number of benzene rings is 1. The molecule has 2 aromatic rings. The lowest BCUT2D eigenvalue weighted by atomic mass is 9.71. The maximum Gasteiger partial charge on any atom is 0.417 e. The van der Waals surface area contributed by atoms with Crippen molar-refractivity contribution in [2.75, 3.05) is 44.2 Å². The molecule has 3 heterocycles. The Kier molecular flexibility index (Phi) is 6.81. The summed E-state index contributed by atoms with van der Waals surface area (Å²) in [6, 6.07) is 12.2. The van der Waals surface area contributed by atoms with Gasteiger partial charge in [-0.25, -0.2) is 4.98 Å². The van der Waals surface area contributed by atoms with Gasteiger partial charge in [0.15, 0.2) is 0 Å². The Bertz CT molecular complexity index is 1000. The summed E-state index contributed by atoms with van der Waals surface area (Å²) in [5, 5.41) is 0. The highest BCUT2D eigenvalue weighted by atomic mass is 19.4. The third-order valence-electron chi connectivity index (χ3n) is 6.98. The molecule has 4 rings (SSSR count). The number of rotatable bonds is 3. The van der Waals surface area contributed by atoms with E-state index in [2.05, 4.69) is 4.98 Å². The predicted molar refractivity (Wildman–Crippen MR) is 122 cm³/mol. The highest BCUT2D eigenvalue weighted by Crippen LogP contribution is 2.38. The number of carbonyl (C=O) groups excluding carboxylic acids is 2. The van der Waals surface area contributed by atoms with Gasteiger partial charge in [-0.3, -0.25) is 9.59 Å². The molecule has 2 aliphatic heterocycles. The Morgan fingerprint density at radius 2 is 1.59 bits per heavy atom. The Hall–Kier alpha value is -3.10. The lowest BCUT2D eigenvalue weighted by Gasteiger charge is -2.43. The number of carbonyl (C=O) groups is 2. The first-order chi connectivity index (χ1) is 16.2. The van der Waals surface area contributed by atoms with Gasteiger partial charge < -0.3 is 14.7 Å². The number of nitrogens with zero attached hydrogens (tertiary/aromatic N) is 4. The average molecular weight is 475 g/mol. The van der Waals surface area contributed by atoms with E-state index in [0.29, 0.717) is 64.3 Å². The first-order valence-corrected chi connectivity index (χ1v) is 11.6. The maximum atomic E-state index is 14.0. The average Bonchev–Trinajstić information content (AvgIpc) is 3.10. The van der Waals surface area contributed by atoms with Crippen molar-refractivity contribution in [1.82, 2.24) is 14.8 Å². The van der Waals surface area contributed by atoms with Crippen molar-refractivity contribution in [1.29, 1.82) is 0 Å². The summed E-state index contributed by atoms with van der Waals surface area (Å²) in [6.07, 6.45) is -1.74. The number of likely N-dealkylation sites (tertiary alicyclic amines) is 1. The summed E-state index contributed by atoms with van der Waals surface area (Å²) < 4.78 is 38.6. The summed E-state index contributed by atoms with van der Waals surface area (Å²) in [7, 11) is 0. The number of pyridine rings is 1. The van der Waals surface area contributed by atoms with Crippen molar-refractivity contribution in [3.8, 4) is 0 Å². The summed E-state index contributed by atoms with van der Waals surface area (Å²) in [6.45, 7) is 4.76. The molecule has 182 valence electrons. The van der Waals surface area contributed by atoms with Crippen LogP contribution in [0.15, 0.2) is 48.7 Å². The van der Waals surface area contributed by atoms with E-state index in [4.69, 9.17) is 0 Å². The van der Waals surface area contributed by atoms with Crippen molar-refractivity contribution in [2.24, 2.45) is 0 Å². The van der Waals surface area contributed by atoms with Crippen LogP contribution in [0, 0.1) is 0 Å². The van der Waals surface area contributed by atoms with Gasteiger partial charge in [-0.2, -0.15) is 13.2 Å². The molecule has 34 heavy (non-hydrogen) atoms. The van der Waals surface area contributed by atoms with Crippen molar-refractivity contribution in [3.63, 3.8) is 0 Å². The molecule has 2 amide bonds. The molecule has 0 N–H and O–H groups in total. The number of piperidine rings is 1. The molecule has 6 nitrogen and oxygen atoms in total. The van der Waals surface area contributed by atoms with Gasteiger partial charge in [-0.05, 0) is 37.0 Å². The van der Waals surface area contributed by atoms with Crippen molar-refractivity contribution < 1.29 is 22.8 Å². The maximum absolute atomic E-state index is 14.0. The van der Waals surface area contributed by atoms with Crippen LogP contribution in [0.2, 0.25) is 0 Å². The molecule has 0 bridgehead atoms. The molecule has 9 heteroatoms. The molecular weight excluding hydrogens is 445 g/mol. The molecule has 0 radical (unpaired) electrons. The van der Waals surface area contributed by atoms with E-state index < -0.39 is 17.2 Å². The van der Waals surface area contributed by atoms with Gasteiger partial charge in [0.05, 0.1) is 11.0 Å². The zero-order valence-corrected chi connectivity index (χ0v) is 19.2. The molecule has 2 saturated heterocycles. The molecule has 2 aliphatic rings. The fourth-order valence-electron chi connectivity index (χ4n) is 4.98. The van der Waals surface area contributed by atoms with Gasteiger partial charge in [0.25, 0.3) is 0 Å². The Balaban J connectivity index is 1.50. The summed E-state index contributed by atoms with van der Waals surface area (Å²) in [5.41, 5.74) is -0.493. The first-order valence-electron chi connectivity index (χ1n) is 11.6. The second-order valence-corrected chi connectivity index (χ2v) is 8.99. The summed E-state index contributed by atoms with van der Waals surface area (Å²) >= 11 is 0. The fourth-order valence-corrected chi connectivity index (χ4v) is 4.98. The predicted octanol–water partition coefficient (Wildman–Crippen LogP) is 3.72. The molecule has 0 atom stereocenters. The topological polar surface area (TPSA) is 56.8 Å². The lowest BCUT2D eigenvalue weighted by Crippen LogP contribution is -2.54. The minimum absolute atomic E-state index is 0.0172. The smallest absolute Gasteiger partial charge is 0.355 e. The number of halogens is 3. The minimum Gasteiger partial charge on any atom is -0.355 e. The SMILES string of the molecule is CC(=O)N1CCC(C(=O)N2CCCN(c3ccc(C(F)(F)F)cn3)CC2)(c2ccccc2)CC1. The van der Waals surface area contributed by atoms with Crippen LogP contribution in [0.4, 0.5) is 19.0 Å². The number of anilines is 1. The van der Waals surface area contributed by atoms with E-state index in [1.807, 2.05) is 40.1 Å². The number of hydrogen-bond acceptors (Lipinski definition) is 4. The van der Waals surface area contributed by atoms with Gasteiger partial charge in [0.2, 0.25) is 11.8 Å². The van der Waals surface area contributed by atoms with Crippen LogP contribution in [0.1, 0.15) is 37.3 Å². The van der Waals surface area contributed by atoms with Crippen LogP contribution in [0.25, 0.3) is 0 Å². The summed E-state index contributed by atoms with van der Waals surface area (Å²) in [5.74, 6) is 0.558.